The van der Waals surface area contributed by atoms with Crippen LogP contribution < -0.4 is 5.32 Å². The van der Waals surface area contributed by atoms with Gasteiger partial charge in [-0.05, 0) is 61.2 Å². The molecule has 1 N–H and O–H groups in total. The second-order valence-corrected chi connectivity index (χ2v) is 6.93. The standard InChI is InChI=1S/C17H28FNS/c1-5-8-19-17(12-20-11-13(2)3)10-15-6-7-16(18)9-14(15)4/h6-7,9,13,17,19H,5,8,10-12H2,1-4H3. The highest BCUT2D eigenvalue weighted by Gasteiger charge is 2.11. The van der Waals surface area contributed by atoms with Gasteiger partial charge in [-0.25, -0.2) is 4.39 Å². The fourth-order valence-corrected chi connectivity index (χ4v) is 3.27. The van der Waals surface area contributed by atoms with E-state index in [-0.39, 0.29) is 5.82 Å². The number of halogens is 1. The zero-order chi connectivity index (χ0) is 15.0. The maximum Gasteiger partial charge on any atom is 0.123 e. The first-order valence-corrected chi connectivity index (χ1v) is 8.74. The normalized spacial score (nSPS) is 12.9. The molecule has 0 radical (unpaired) electrons. The van der Waals surface area contributed by atoms with Crippen LogP contribution in [-0.2, 0) is 6.42 Å². The molecule has 0 spiro atoms. The van der Waals surface area contributed by atoms with E-state index in [2.05, 4.69) is 26.1 Å². The molecule has 0 saturated carbocycles. The third kappa shape index (κ3) is 6.76. The van der Waals surface area contributed by atoms with Crippen LogP contribution in [0.25, 0.3) is 0 Å². The lowest BCUT2D eigenvalue weighted by Crippen LogP contribution is -2.34. The topological polar surface area (TPSA) is 12.0 Å². The Balaban J connectivity index is 2.58. The first kappa shape index (κ1) is 17.5. The van der Waals surface area contributed by atoms with Crippen LogP contribution >= 0.6 is 11.8 Å². The van der Waals surface area contributed by atoms with Crippen molar-refractivity contribution in [3.05, 3.63) is 35.1 Å². The lowest BCUT2D eigenvalue weighted by Gasteiger charge is -2.20. The molecular weight excluding hydrogens is 269 g/mol. The van der Waals surface area contributed by atoms with E-state index in [0.29, 0.717) is 6.04 Å². The molecule has 114 valence electrons. The highest BCUT2D eigenvalue weighted by Crippen LogP contribution is 2.16. The summed E-state index contributed by atoms with van der Waals surface area (Å²) in [6, 6.07) is 5.61. The van der Waals surface area contributed by atoms with E-state index in [1.54, 1.807) is 12.1 Å². The maximum atomic E-state index is 13.2. The van der Waals surface area contributed by atoms with Crippen molar-refractivity contribution in [2.45, 2.75) is 46.6 Å². The molecule has 3 heteroatoms. The van der Waals surface area contributed by atoms with E-state index in [4.69, 9.17) is 0 Å². The van der Waals surface area contributed by atoms with Crippen LogP contribution in [0, 0.1) is 18.7 Å². The summed E-state index contributed by atoms with van der Waals surface area (Å²) in [4.78, 5) is 0. The molecule has 1 aromatic carbocycles. The average Bonchev–Trinajstić information content (AvgIpc) is 2.38. The summed E-state index contributed by atoms with van der Waals surface area (Å²) in [5.41, 5.74) is 2.31. The molecule has 0 aliphatic carbocycles. The smallest absolute Gasteiger partial charge is 0.123 e. The summed E-state index contributed by atoms with van der Waals surface area (Å²) < 4.78 is 13.2. The van der Waals surface area contributed by atoms with Gasteiger partial charge in [-0.2, -0.15) is 11.8 Å². The van der Waals surface area contributed by atoms with Crippen LogP contribution in [0.1, 0.15) is 38.3 Å². The summed E-state index contributed by atoms with van der Waals surface area (Å²) in [6.45, 7) is 9.75. The van der Waals surface area contributed by atoms with Crippen molar-refractivity contribution >= 4 is 11.8 Å². The van der Waals surface area contributed by atoms with E-state index in [9.17, 15) is 4.39 Å². The number of hydrogen-bond donors (Lipinski definition) is 1. The van der Waals surface area contributed by atoms with Crippen molar-refractivity contribution in [2.24, 2.45) is 5.92 Å². The van der Waals surface area contributed by atoms with Crippen molar-refractivity contribution in [1.29, 1.82) is 0 Å². The lowest BCUT2D eigenvalue weighted by atomic mass is 10.0. The highest BCUT2D eigenvalue weighted by molar-refractivity contribution is 7.99. The Bertz CT molecular complexity index is 393. The second-order valence-electron chi connectivity index (χ2n) is 5.86. The van der Waals surface area contributed by atoms with Crippen molar-refractivity contribution < 1.29 is 4.39 Å². The minimum absolute atomic E-state index is 0.140. The molecule has 0 aromatic heterocycles. The van der Waals surface area contributed by atoms with E-state index < -0.39 is 0 Å². The first-order valence-electron chi connectivity index (χ1n) is 7.59. The Labute approximate surface area is 127 Å². The quantitative estimate of drug-likeness (QED) is 0.723. The van der Waals surface area contributed by atoms with Crippen molar-refractivity contribution in [3.8, 4) is 0 Å². The average molecular weight is 297 g/mol. The molecule has 1 aromatic rings. The first-order chi connectivity index (χ1) is 9.52. The van der Waals surface area contributed by atoms with E-state index in [1.807, 2.05) is 24.8 Å². The minimum atomic E-state index is -0.140. The van der Waals surface area contributed by atoms with Gasteiger partial charge in [0.1, 0.15) is 5.82 Å². The molecule has 1 rings (SSSR count). The third-order valence-electron chi connectivity index (χ3n) is 3.22. The molecule has 20 heavy (non-hydrogen) atoms. The Morgan fingerprint density at radius 2 is 2.00 bits per heavy atom. The lowest BCUT2D eigenvalue weighted by molar-refractivity contribution is 0.547. The van der Waals surface area contributed by atoms with Crippen LogP contribution in [-0.4, -0.2) is 24.1 Å². The van der Waals surface area contributed by atoms with Crippen LogP contribution in [0.15, 0.2) is 18.2 Å². The monoisotopic (exact) mass is 297 g/mol. The maximum absolute atomic E-state index is 13.2. The Kier molecular flexibility index (Phi) is 8.24. The van der Waals surface area contributed by atoms with Gasteiger partial charge in [0, 0.05) is 11.8 Å². The molecule has 1 unspecified atom stereocenters. The van der Waals surface area contributed by atoms with Crippen LogP contribution in [0.2, 0.25) is 0 Å². The molecule has 0 amide bonds. The number of thioether (sulfide) groups is 1. The molecule has 0 fully saturated rings. The summed E-state index contributed by atoms with van der Waals surface area (Å²) in [7, 11) is 0. The number of hydrogen-bond acceptors (Lipinski definition) is 2. The summed E-state index contributed by atoms with van der Waals surface area (Å²) in [5.74, 6) is 2.92. The van der Waals surface area contributed by atoms with Gasteiger partial charge in [0.15, 0.2) is 0 Å². The molecule has 0 bridgehead atoms. The molecule has 0 aliphatic heterocycles. The summed E-state index contributed by atoms with van der Waals surface area (Å²) in [6.07, 6.45) is 2.13. The largest absolute Gasteiger partial charge is 0.313 e. The number of nitrogens with one attached hydrogen (secondary N) is 1. The number of aryl methyl sites for hydroxylation is 1. The van der Waals surface area contributed by atoms with Gasteiger partial charge in [0.05, 0.1) is 0 Å². The zero-order valence-electron chi connectivity index (χ0n) is 13.2. The van der Waals surface area contributed by atoms with Crippen molar-refractivity contribution in [3.63, 3.8) is 0 Å². The summed E-state index contributed by atoms with van der Waals surface area (Å²) in [5, 5.41) is 3.62. The molecule has 0 saturated heterocycles. The molecule has 0 heterocycles. The summed E-state index contributed by atoms with van der Waals surface area (Å²) >= 11 is 2.01. The van der Waals surface area contributed by atoms with Crippen molar-refractivity contribution in [2.75, 3.05) is 18.1 Å². The van der Waals surface area contributed by atoms with Crippen LogP contribution in [0.5, 0.6) is 0 Å². The van der Waals surface area contributed by atoms with Gasteiger partial charge in [-0.15, -0.1) is 0 Å². The van der Waals surface area contributed by atoms with Gasteiger partial charge in [-0.1, -0.05) is 26.8 Å². The zero-order valence-corrected chi connectivity index (χ0v) is 14.0. The Morgan fingerprint density at radius 1 is 1.25 bits per heavy atom. The SMILES string of the molecule is CCCNC(CSCC(C)C)Cc1ccc(F)cc1C. The Hall–Kier alpha value is -0.540. The molecular formula is C17H28FNS. The Morgan fingerprint density at radius 3 is 2.60 bits per heavy atom. The second kappa shape index (κ2) is 9.41. The molecule has 1 atom stereocenters. The minimum Gasteiger partial charge on any atom is -0.313 e. The third-order valence-corrected chi connectivity index (χ3v) is 4.76. The number of rotatable bonds is 9. The molecule has 1 nitrogen and oxygen atoms in total. The predicted octanol–water partition coefficient (Wildman–Crippen LogP) is 4.43. The predicted molar refractivity (Wildman–Crippen MR) is 89.1 cm³/mol. The highest BCUT2D eigenvalue weighted by atomic mass is 32.2. The fraction of sp³-hybridized carbons (Fsp3) is 0.647. The fourth-order valence-electron chi connectivity index (χ4n) is 2.14. The molecule has 0 aliphatic rings. The van der Waals surface area contributed by atoms with Crippen molar-refractivity contribution in [1.82, 2.24) is 5.32 Å². The van der Waals surface area contributed by atoms with E-state index in [0.717, 1.165) is 36.6 Å². The van der Waals surface area contributed by atoms with E-state index >= 15 is 0 Å². The van der Waals surface area contributed by atoms with Crippen LogP contribution in [0.4, 0.5) is 4.39 Å². The van der Waals surface area contributed by atoms with Gasteiger partial charge in [0.25, 0.3) is 0 Å². The van der Waals surface area contributed by atoms with E-state index in [1.165, 1.54) is 11.3 Å². The van der Waals surface area contributed by atoms with Gasteiger partial charge < -0.3 is 5.32 Å². The van der Waals surface area contributed by atoms with Crippen LogP contribution in [0.3, 0.4) is 0 Å². The van der Waals surface area contributed by atoms with Gasteiger partial charge in [0.2, 0.25) is 0 Å². The van der Waals surface area contributed by atoms with Gasteiger partial charge in [-0.3, -0.25) is 0 Å². The number of benzene rings is 1. The van der Waals surface area contributed by atoms with Gasteiger partial charge >= 0.3 is 0 Å².